The highest BCUT2D eigenvalue weighted by molar-refractivity contribution is 5.74. The van der Waals surface area contributed by atoms with Crippen molar-refractivity contribution < 1.29 is 4.79 Å². The van der Waals surface area contributed by atoms with Crippen LogP contribution in [0.3, 0.4) is 0 Å². The van der Waals surface area contributed by atoms with E-state index < -0.39 is 0 Å². The smallest absolute Gasteiger partial charge is 0.317 e. The van der Waals surface area contributed by atoms with Gasteiger partial charge in [0.05, 0.1) is 0 Å². The molecule has 0 bridgehead atoms. The molecule has 0 spiro atoms. The van der Waals surface area contributed by atoms with E-state index in [0.717, 1.165) is 24.8 Å². The molecular formula is C15H23N3O. The Kier molecular flexibility index (Phi) is 4.80. The van der Waals surface area contributed by atoms with Crippen LogP contribution < -0.4 is 11.1 Å². The molecule has 3 N–H and O–H groups in total. The summed E-state index contributed by atoms with van der Waals surface area (Å²) in [4.78, 5) is 13.9. The predicted octanol–water partition coefficient (Wildman–Crippen LogP) is 2.10. The molecule has 0 heterocycles. The molecule has 0 aliphatic heterocycles. The van der Waals surface area contributed by atoms with Crippen molar-refractivity contribution in [2.24, 2.45) is 5.73 Å². The summed E-state index contributed by atoms with van der Waals surface area (Å²) in [7, 11) is 1.84. The Bertz CT molecular complexity index is 407. The number of nitrogens with zero attached hydrogens (tertiary/aromatic N) is 1. The van der Waals surface area contributed by atoms with Crippen molar-refractivity contribution in [2.45, 2.75) is 44.3 Å². The van der Waals surface area contributed by atoms with Gasteiger partial charge in [-0.2, -0.15) is 0 Å². The number of urea groups is 1. The second kappa shape index (κ2) is 6.57. The number of amides is 2. The van der Waals surface area contributed by atoms with Crippen LogP contribution in [0.1, 0.15) is 31.2 Å². The lowest BCUT2D eigenvalue weighted by Crippen LogP contribution is -2.52. The number of nitrogens with two attached hydrogens (primary N) is 1. The summed E-state index contributed by atoms with van der Waals surface area (Å²) in [5.74, 6) is 0. The number of rotatable bonds is 3. The third kappa shape index (κ3) is 3.70. The monoisotopic (exact) mass is 261 g/mol. The molecule has 4 nitrogen and oxygen atoms in total. The van der Waals surface area contributed by atoms with Crippen molar-refractivity contribution in [1.29, 1.82) is 0 Å². The molecule has 1 aliphatic carbocycles. The number of carbonyl (C=O) groups is 1. The lowest BCUT2D eigenvalue weighted by atomic mass is 9.90. The molecule has 2 atom stereocenters. The van der Waals surface area contributed by atoms with E-state index >= 15 is 0 Å². The van der Waals surface area contributed by atoms with Crippen LogP contribution in [-0.2, 0) is 6.54 Å². The fourth-order valence-electron chi connectivity index (χ4n) is 2.67. The van der Waals surface area contributed by atoms with Gasteiger partial charge in [0.2, 0.25) is 0 Å². The van der Waals surface area contributed by atoms with Crippen molar-refractivity contribution in [3.05, 3.63) is 35.9 Å². The molecule has 2 amide bonds. The third-order valence-corrected chi connectivity index (χ3v) is 3.89. The SMILES string of the molecule is CN(C(=O)NCc1ccccc1)C1CCCCC1N. The van der Waals surface area contributed by atoms with E-state index in [1.807, 2.05) is 37.4 Å². The fourth-order valence-corrected chi connectivity index (χ4v) is 2.67. The van der Waals surface area contributed by atoms with Gasteiger partial charge in [-0.15, -0.1) is 0 Å². The number of hydrogen-bond acceptors (Lipinski definition) is 2. The van der Waals surface area contributed by atoms with Gasteiger partial charge in [-0.3, -0.25) is 0 Å². The number of likely N-dealkylation sites (N-methyl/N-ethyl adjacent to an activating group) is 1. The maximum Gasteiger partial charge on any atom is 0.317 e. The summed E-state index contributed by atoms with van der Waals surface area (Å²) >= 11 is 0. The van der Waals surface area contributed by atoms with Crippen LogP contribution in [0, 0.1) is 0 Å². The van der Waals surface area contributed by atoms with E-state index in [9.17, 15) is 4.79 Å². The summed E-state index contributed by atoms with van der Waals surface area (Å²) in [5.41, 5.74) is 7.21. The van der Waals surface area contributed by atoms with E-state index in [1.165, 1.54) is 6.42 Å². The van der Waals surface area contributed by atoms with Crippen LogP contribution in [0.4, 0.5) is 4.79 Å². The summed E-state index contributed by atoms with van der Waals surface area (Å²) in [5, 5.41) is 2.95. The zero-order valence-electron chi connectivity index (χ0n) is 11.5. The molecule has 4 heteroatoms. The van der Waals surface area contributed by atoms with Crippen molar-refractivity contribution in [1.82, 2.24) is 10.2 Å². The molecule has 2 unspecified atom stereocenters. The Hall–Kier alpha value is -1.55. The summed E-state index contributed by atoms with van der Waals surface area (Å²) in [6.45, 7) is 0.561. The van der Waals surface area contributed by atoms with Gasteiger partial charge in [0.15, 0.2) is 0 Å². The van der Waals surface area contributed by atoms with E-state index in [0.29, 0.717) is 6.54 Å². The van der Waals surface area contributed by atoms with Crippen LogP contribution >= 0.6 is 0 Å². The highest BCUT2D eigenvalue weighted by Gasteiger charge is 2.28. The molecular weight excluding hydrogens is 238 g/mol. The fraction of sp³-hybridized carbons (Fsp3) is 0.533. The molecule has 104 valence electrons. The zero-order chi connectivity index (χ0) is 13.7. The van der Waals surface area contributed by atoms with Gasteiger partial charge in [0, 0.05) is 25.7 Å². The standard InChI is InChI=1S/C15H23N3O/c1-18(14-10-6-5-9-13(14)16)15(19)17-11-12-7-3-2-4-8-12/h2-4,7-8,13-14H,5-6,9-11,16H2,1H3,(H,17,19). The van der Waals surface area contributed by atoms with Gasteiger partial charge < -0.3 is 16.0 Å². The molecule has 0 saturated heterocycles. The topological polar surface area (TPSA) is 58.4 Å². The first-order chi connectivity index (χ1) is 9.18. The molecule has 19 heavy (non-hydrogen) atoms. The maximum atomic E-state index is 12.1. The Balaban J connectivity index is 1.85. The lowest BCUT2D eigenvalue weighted by Gasteiger charge is -2.35. The molecule has 1 saturated carbocycles. The number of benzene rings is 1. The Labute approximate surface area is 115 Å². The van der Waals surface area contributed by atoms with Crippen LogP contribution in [0.15, 0.2) is 30.3 Å². The maximum absolute atomic E-state index is 12.1. The first-order valence-electron chi connectivity index (χ1n) is 6.98. The zero-order valence-corrected chi connectivity index (χ0v) is 11.5. The molecule has 0 aromatic heterocycles. The first kappa shape index (κ1) is 13.9. The minimum atomic E-state index is -0.0359. The van der Waals surface area contributed by atoms with Crippen LogP contribution in [0.2, 0.25) is 0 Å². The highest BCUT2D eigenvalue weighted by Crippen LogP contribution is 2.21. The van der Waals surface area contributed by atoms with Crippen LogP contribution in [-0.4, -0.2) is 30.1 Å². The average molecular weight is 261 g/mol. The van der Waals surface area contributed by atoms with E-state index in [1.54, 1.807) is 4.90 Å². The first-order valence-corrected chi connectivity index (χ1v) is 6.98. The molecule has 1 aromatic carbocycles. The average Bonchev–Trinajstić information content (AvgIpc) is 2.45. The Morgan fingerprint density at radius 2 is 2.00 bits per heavy atom. The Morgan fingerprint density at radius 1 is 1.32 bits per heavy atom. The molecule has 2 rings (SSSR count). The molecule has 1 fully saturated rings. The largest absolute Gasteiger partial charge is 0.334 e. The van der Waals surface area contributed by atoms with Gasteiger partial charge in [-0.05, 0) is 18.4 Å². The lowest BCUT2D eigenvalue weighted by molar-refractivity contribution is 0.162. The molecule has 1 aliphatic rings. The van der Waals surface area contributed by atoms with Gasteiger partial charge in [0.25, 0.3) is 0 Å². The summed E-state index contributed by atoms with van der Waals surface area (Å²) in [6, 6.07) is 10.2. The van der Waals surface area contributed by atoms with Gasteiger partial charge in [0.1, 0.15) is 0 Å². The predicted molar refractivity (Wildman–Crippen MR) is 76.7 cm³/mol. The van der Waals surface area contributed by atoms with Crippen molar-refractivity contribution in [3.8, 4) is 0 Å². The third-order valence-electron chi connectivity index (χ3n) is 3.89. The normalized spacial score (nSPS) is 22.8. The number of nitrogens with one attached hydrogen (secondary N) is 1. The quantitative estimate of drug-likeness (QED) is 0.875. The van der Waals surface area contributed by atoms with E-state index in [2.05, 4.69) is 5.32 Å². The Morgan fingerprint density at radius 3 is 2.68 bits per heavy atom. The van der Waals surface area contributed by atoms with Crippen molar-refractivity contribution in [3.63, 3.8) is 0 Å². The van der Waals surface area contributed by atoms with E-state index in [4.69, 9.17) is 5.73 Å². The molecule has 0 radical (unpaired) electrons. The van der Waals surface area contributed by atoms with Gasteiger partial charge in [-0.25, -0.2) is 4.79 Å². The van der Waals surface area contributed by atoms with E-state index in [-0.39, 0.29) is 18.1 Å². The van der Waals surface area contributed by atoms with Gasteiger partial charge >= 0.3 is 6.03 Å². The van der Waals surface area contributed by atoms with Gasteiger partial charge in [-0.1, -0.05) is 43.2 Å². The van der Waals surface area contributed by atoms with Crippen molar-refractivity contribution in [2.75, 3.05) is 7.05 Å². The van der Waals surface area contributed by atoms with Crippen molar-refractivity contribution >= 4 is 6.03 Å². The number of carbonyl (C=O) groups excluding carboxylic acids is 1. The highest BCUT2D eigenvalue weighted by atomic mass is 16.2. The second-order valence-corrected chi connectivity index (χ2v) is 5.27. The van der Waals surface area contributed by atoms with Crippen LogP contribution in [0.25, 0.3) is 0 Å². The number of hydrogen-bond donors (Lipinski definition) is 2. The molecule has 1 aromatic rings. The van der Waals surface area contributed by atoms with Crippen LogP contribution in [0.5, 0.6) is 0 Å². The summed E-state index contributed by atoms with van der Waals surface area (Å²) in [6.07, 6.45) is 4.36. The summed E-state index contributed by atoms with van der Waals surface area (Å²) < 4.78 is 0. The second-order valence-electron chi connectivity index (χ2n) is 5.27. The minimum Gasteiger partial charge on any atom is -0.334 e. The minimum absolute atomic E-state index is 0.0359.